The predicted molar refractivity (Wildman–Crippen MR) is 65.5 cm³/mol. The Morgan fingerprint density at radius 3 is 2.35 bits per heavy atom. The Kier molecular flexibility index (Phi) is 2.64. The molecule has 3 heteroatoms. The third kappa shape index (κ3) is 1.79. The van der Waals surface area contributed by atoms with Crippen LogP contribution in [0.25, 0.3) is 0 Å². The molecule has 1 fully saturated rings. The number of carboxylic acids is 1. The van der Waals surface area contributed by atoms with Gasteiger partial charge < -0.3 is 10.2 Å². The Bertz CT molecular complexity index is 471. The second-order valence-corrected chi connectivity index (χ2v) is 5.27. The predicted octanol–water partition coefficient (Wildman–Crippen LogP) is 2.94. The van der Waals surface area contributed by atoms with Crippen LogP contribution >= 0.6 is 0 Å². The van der Waals surface area contributed by atoms with E-state index < -0.39 is 11.4 Å². The van der Waals surface area contributed by atoms with Crippen molar-refractivity contribution in [3.63, 3.8) is 0 Å². The standard InChI is InChI=1S/C14H18O3/c1-8(2)10-7-11(9(3)6-12(10)15)14(4-5-14)13(16)17/h6-8,15H,4-5H2,1-3H3,(H,16,17). The van der Waals surface area contributed by atoms with E-state index in [1.807, 2.05) is 26.8 Å². The van der Waals surface area contributed by atoms with Crippen molar-refractivity contribution in [2.75, 3.05) is 0 Å². The lowest BCUT2D eigenvalue weighted by Crippen LogP contribution is -2.21. The van der Waals surface area contributed by atoms with Gasteiger partial charge in [0.15, 0.2) is 0 Å². The maximum atomic E-state index is 11.3. The van der Waals surface area contributed by atoms with Gasteiger partial charge in [-0.05, 0) is 48.4 Å². The highest BCUT2D eigenvalue weighted by Gasteiger charge is 2.52. The van der Waals surface area contributed by atoms with Gasteiger partial charge in [0.25, 0.3) is 0 Å². The van der Waals surface area contributed by atoms with Crippen LogP contribution in [0.2, 0.25) is 0 Å². The summed E-state index contributed by atoms with van der Waals surface area (Å²) >= 11 is 0. The second kappa shape index (κ2) is 3.76. The lowest BCUT2D eigenvalue weighted by atomic mass is 9.87. The van der Waals surface area contributed by atoms with Crippen molar-refractivity contribution in [2.24, 2.45) is 0 Å². The number of carbonyl (C=O) groups is 1. The molecule has 0 saturated heterocycles. The molecule has 0 aromatic heterocycles. The molecule has 0 atom stereocenters. The maximum absolute atomic E-state index is 11.3. The summed E-state index contributed by atoms with van der Waals surface area (Å²) in [6.45, 7) is 5.85. The SMILES string of the molecule is Cc1cc(O)c(C(C)C)cc1C1(C(=O)O)CC1. The number of benzene rings is 1. The van der Waals surface area contributed by atoms with Gasteiger partial charge in [0.05, 0.1) is 5.41 Å². The number of aliphatic carboxylic acids is 1. The highest BCUT2D eigenvalue weighted by atomic mass is 16.4. The van der Waals surface area contributed by atoms with Crippen LogP contribution in [0.1, 0.15) is 49.3 Å². The van der Waals surface area contributed by atoms with Gasteiger partial charge >= 0.3 is 5.97 Å². The van der Waals surface area contributed by atoms with E-state index in [2.05, 4.69) is 0 Å². The first kappa shape index (κ1) is 12.0. The normalized spacial score (nSPS) is 17.2. The average molecular weight is 234 g/mol. The summed E-state index contributed by atoms with van der Waals surface area (Å²) < 4.78 is 0. The maximum Gasteiger partial charge on any atom is 0.314 e. The van der Waals surface area contributed by atoms with Crippen molar-refractivity contribution in [1.29, 1.82) is 0 Å². The molecule has 3 nitrogen and oxygen atoms in total. The molecule has 2 rings (SSSR count). The minimum absolute atomic E-state index is 0.193. The van der Waals surface area contributed by atoms with Crippen molar-refractivity contribution >= 4 is 5.97 Å². The molecule has 92 valence electrons. The Hall–Kier alpha value is -1.51. The fourth-order valence-electron chi connectivity index (χ4n) is 2.41. The molecule has 1 aliphatic rings. The Morgan fingerprint density at radius 2 is 1.94 bits per heavy atom. The molecule has 0 unspecified atom stereocenters. The van der Waals surface area contributed by atoms with Crippen molar-refractivity contribution < 1.29 is 15.0 Å². The van der Waals surface area contributed by atoms with Gasteiger partial charge in [-0.3, -0.25) is 4.79 Å². The lowest BCUT2D eigenvalue weighted by Gasteiger charge is -2.18. The highest BCUT2D eigenvalue weighted by molar-refractivity contribution is 5.85. The summed E-state index contributed by atoms with van der Waals surface area (Å²) in [6.07, 6.45) is 1.40. The summed E-state index contributed by atoms with van der Waals surface area (Å²) in [5, 5.41) is 19.2. The van der Waals surface area contributed by atoms with Crippen LogP contribution < -0.4 is 0 Å². The van der Waals surface area contributed by atoms with Crippen LogP contribution in [0.3, 0.4) is 0 Å². The quantitative estimate of drug-likeness (QED) is 0.845. The summed E-state index contributed by atoms with van der Waals surface area (Å²) in [5.41, 5.74) is 1.87. The number of phenols is 1. The van der Waals surface area contributed by atoms with Gasteiger partial charge in [-0.25, -0.2) is 0 Å². The number of rotatable bonds is 3. The molecule has 0 spiro atoms. The summed E-state index contributed by atoms with van der Waals surface area (Å²) in [7, 11) is 0. The zero-order valence-electron chi connectivity index (χ0n) is 10.4. The molecule has 2 N–H and O–H groups in total. The fourth-order valence-corrected chi connectivity index (χ4v) is 2.41. The van der Waals surface area contributed by atoms with Crippen molar-refractivity contribution in [3.05, 3.63) is 28.8 Å². The summed E-state index contributed by atoms with van der Waals surface area (Å²) in [5.74, 6) is -0.289. The highest BCUT2D eigenvalue weighted by Crippen LogP contribution is 2.50. The van der Waals surface area contributed by atoms with Gasteiger partial charge in [-0.2, -0.15) is 0 Å². The van der Waals surface area contributed by atoms with E-state index in [9.17, 15) is 15.0 Å². The van der Waals surface area contributed by atoms with Crippen LogP contribution in [0.5, 0.6) is 5.75 Å². The molecule has 0 heterocycles. The summed E-state index contributed by atoms with van der Waals surface area (Å²) in [4.78, 5) is 11.3. The van der Waals surface area contributed by atoms with E-state index in [1.54, 1.807) is 6.07 Å². The first-order valence-electron chi connectivity index (χ1n) is 5.96. The first-order chi connectivity index (χ1) is 7.88. The minimum atomic E-state index is -0.749. The van der Waals surface area contributed by atoms with E-state index in [4.69, 9.17) is 0 Å². The monoisotopic (exact) mass is 234 g/mol. The molecule has 0 radical (unpaired) electrons. The Balaban J connectivity index is 2.55. The van der Waals surface area contributed by atoms with E-state index in [1.165, 1.54) is 0 Å². The molecule has 1 saturated carbocycles. The smallest absolute Gasteiger partial charge is 0.314 e. The number of hydrogen-bond donors (Lipinski definition) is 2. The van der Waals surface area contributed by atoms with Crippen molar-refractivity contribution in [3.8, 4) is 5.75 Å². The van der Waals surface area contributed by atoms with Crippen LogP contribution in [-0.2, 0) is 10.2 Å². The van der Waals surface area contributed by atoms with Gasteiger partial charge in [-0.1, -0.05) is 19.9 Å². The average Bonchev–Trinajstić information content (AvgIpc) is 2.97. The topological polar surface area (TPSA) is 57.5 Å². The molecule has 0 aliphatic heterocycles. The van der Waals surface area contributed by atoms with Crippen molar-refractivity contribution in [1.82, 2.24) is 0 Å². The number of phenolic OH excluding ortho intramolecular Hbond substituents is 1. The fraction of sp³-hybridized carbons (Fsp3) is 0.500. The largest absolute Gasteiger partial charge is 0.508 e. The number of aromatic hydroxyl groups is 1. The number of aryl methyl sites for hydroxylation is 1. The minimum Gasteiger partial charge on any atom is -0.508 e. The number of hydrogen-bond acceptors (Lipinski definition) is 2. The molecule has 1 aliphatic carbocycles. The van der Waals surface area contributed by atoms with Gasteiger partial charge in [0, 0.05) is 0 Å². The molecular weight excluding hydrogens is 216 g/mol. The van der Waals surface area contributed by atoms with Gasteiger partial charge in [0.2, 0.25) is 0 Å². The molecule has 0 bridgehead atoms. The van der Waals surface area contributed by atoms with E-state index >= 15 is 0 Å². The van der Waals surface area contributed by atoms with Crippen LogP contribution in [0.15, 0.2) is 12.1 Å². The molecule has 0 amide bonds. The lowest BCUT2D eigenvalue weighted by molar-refractivity contribution is -0.140. The molecule has 17 heavy (non-hydrogen) atoms. The zero-order chi connectivity index (χ0) is 12.8. The van der Waals surface area contributed by atoms with E-state index in [0.717, 1.165) is 16.7 Å². The molecule has 1 aromatic carbocycles. The summed E-state index contributed by atoms with van der Waals surface area (Å²) in [6, 6.07) is 3.56. The first-order valence-corrected chi connectivity index (χ1v) is 5.96. The van der Waals surface area contributed by atoms with E-state index in [-0.39, 0.29) is 11.7 Å². The van der Waals surface area contributed by atoms with Crippen LogP contribution in [-0.4, -0.2) is 16.2 Å². The zero-order valence-corrected chi connectivity index (χ0v) is 10.4. The van der Waals surface area contributed by atoms with Crippen molar-refractivity contribution in [2.45, 2.75) is 44.9 Å². The van der Waals surface area contributed by atoms with Gasteiger partial charge in [0.1, 0.15) is 5.75 Å². The molecule has 1 aromatic rings. The second-order valence-electron chi connectivity index (χ2n) is 5.27. The van der Waals surface area contributed by atoms with Crippen LogP contribution in [0, 0.1) is 6.92 Å². The van der Waals surface area contributed by atoms with Crippen LogP contribution in [0.4, 0.5) is 0 Å². The van der Waals surface area contributed by atoms with Gasteiger partial charge in [-0.15, -0.1) is 0 Å². The van der Waals surface area contributed by atoms with E-state index in [0.29, 0.717) is 12.8 Å². The number of carboxylic acid groups (broad SMARTS) is 1. The Labute approximate surface area is 101 Å². The third-order valence-corrected chi connectivity index (χ3v) is 3.67. The molecular formula is C14H18O3. The third-order valence-electron chi connectivity index (χ3n) is 3.67. The Morgan fingerprint density at radius 1 is 1.35 bits per heavy atom.